The number of anilines is 1. The molecule has 0 aliphatic heterocycles. The molecular weight excluding hydrogens is 394 g/mol. The minimum absolute atomic E-state index is 0.0461. The lowest BCUT2D eigenvalue weighted by Crippen LogP contribution is -2.23. The summed E-state index contributed by atoms with van der Waals surface area (Å²) in [6, 6.07) is 9.65. The lowest BCUT2D eigenvalue weighted by atomic mass is 9.94. The van der Waals surface area contributed by atoms with E-state index in [0.717, 1.165) is 23.1 Å². The van der Waals surface area contributed by atoms with Crippen LogP contribution < -0.4 is 15.8 Å². The van der Waals surface area contributed by atoms with E-state index < -0.39 is 12.0 Å². The fraction of sp³-hybridized carbons (Fsp3) is 0.333. The zero-order chi connectivity index (χ0) is 23.0. The molecule has 2 rings (SSSR count). The Hall–Kier alpha value is -3.32. The van der Waals surface area contributed by atoms with Gasteiger partial charge in [0.25, 0.3) is 0 Å². The number of methoxy groups -OCH3 is 1. The molecule has 7 nitrogen and oxygen atoms in total. The molecule has 1 unspecified atom stereocenters. The number of nitrogens with two attached hydrogens (primary N) is 1. The van der Waals surface area contributed by atoms with E-state index in [9.17, 15) is 9.90 Å². The lowest BCUT2D eigenvalue weighted by molar-refractivity contribution is -0.138. The van der Waals surface area contributed by atoms with Crippen LogP contribution in [0.15, 0.2) is 48.6 Å². The van der Waals surface area contributed by atoms with Crippen LogP contribution in [0.1, 0.15) is 42.1 Å². The Morgan fingerprint density at radius 1 is 1.26 bits per heavy atom. The van der Waals surface area contributed by atoms with Crippen molar-refractivity contribution in [1.82, 2.24) is 0 Å². The van der Waals surface area contributed by atoms with Gasteiger partial charge >= 0.3 is 5.97 Å². The summed E-state index contributed by atoms with van der Waals surface area (Å²) < 4.78 is 11.1. The Kier molecular flexibility index (Phi) is 8.63. The summed E-state index contributed by atoms with van der Waals surface area (Å²) in [5, 5.41) is 20.6. The highest BCUT2D eigenvalue weighted by Gasteiger charge is 2.26. The smallest absolute Gasteiger partial charge is 0.330 e. The van der Waals surface area contributed by atoms with Crippen molar-refractivity contribution in [2.45, 2.75) is 32.7 Å². The van der Waals surface area contributed by atoms with E-state index >= 15 is 0 Å². The van der Waals surface area contributed by atoms with Gasteiger partial charge in [0.1, 0.15) is 18.2 Å². The van der Waals surface area contributed by atoms with Gasteiger partial charge in [-0.2, -0.15) is 0 Å². The minimum Gasteiger partial charge on any atom is -0.491 e. The first-order valence-corrected chi connectivity index (χ1v) is 10.1. The third-order valence-corrected chi connectivity index (χ3v) is 4.75. The molecule has 0 bridgehead atoms. The van der Waals surface area contributed by atoms with Gasteiger partial charge in [0.05, 0.1) is 6.61 Å². The van der Waals surface area contributed by atoms with Gasteiger partial charge in [-0.1, -0.05) is 25.1 Å². The van der Waals surface area contributed by atoms with Crippen LogP contribution in [0.4, 0.5) is 5.69 Å². The predicted molar refractivity (Wildman–Crippen MR) is 123 cm³/mol. The van der Waals surface area contributed by atoms with Crippen molar-refractivity contribution in [3.8, 4) is 5.75 Å². The minimum atomic E-state index is -1.03. The van der Waals surface area contributed by atoms with Crippen molar-refractivity contribution < 1.29 is 19.4 Å². The number of allylic oxidation sites excluding steroid dienone is 1. The maximum absolute atomic E-state index is 12.3. The molecule has 0 aromatic heterocycles. The second-order valence-corrected chi connectivity index (χ2v) is 7.41. The van der Waals surface area contributed by atoms with Crippen LogP contribution in [0, 0.1) is 5.41 Å². The Morgan fingerprint density at radius 3 is 2.45 bits per heavy atom. The van der Waals surface area contributed by atoms with Gasteiger partial charge < -0.3 is 25.6 Å². The molecule has 5 N–H and O–H groups in total. The van der Waals surface area contributed by atoms with Crippen LogP contribution in [0.25, 0.3) is 0 Å². The first-order valence-electron chi connectivity index (χ1n) is 10.1. The van der Waals surface area contributed by atoms with Crippen molar-refractivity contribution >= 4 is 17.5 Å². The van der Waals surface area contributed by atoms with Crippen LogP contribution in [0.5, 0.6) is 5.75 Å². The molecule has 0 amide bonds. The zero-order valence-electron chi connectivity index (χ0n) is 18.3. The number of hydrogen-bond acceptors (Lipinski definition) is 5. The summed E-state index contributed by atoms with van der Waals surface area (Å²) in [7, 11) is 1.59. The number of ether oxygens (including phenoxy) is 2. The zero-order valence-corrected chi connectivity index (χ0v) is 18.3. The van der Waals surface area contributed by atoms with Gasteiger partial charge in [-0.15, -0.1) is 0 Å². The van der Waals surface area contributed by atoms with Gasteiger partial charge in [0.2, 0.25) is 0 Å². The summed E-state index contributed by atoms with van der Waals surface area (Å²) in [4.78, 5) is 12.3. The summed E-state index contributed by atoms with van der Waals surface area (Å²) in [5.41, 5.74) is 10.1. The van der Waals surface area contributed by atoms with Crippen molar-refractivity contribution in [3.63, 3.8) is 0 Å². The number of nitrogen functional groups attached to an aromatic ring is 1. The average Bonchev–Trinajstić information content (AvgIpc) is 2.72. The van der Waals surface area contributed by atoms with E-state index in [-0.39, 0.29) is 5.84 Å². The van der Waals surface area contributed by atoms with Crippen LogP contribution in [0.2, 0.25) is 0 Å². The van der Waals surface area contributed by atoms with Crippen LogP contribution in [-0.2, 0) is 22.4 Å². The van der Waals surface area contributed by atoms with Crippen molar-refractivity contribution in [1.29, 1.82) is 5.41 Å². The van der Waals surface area contributed by atoms with Crippen molar-refractivity contribution in [2.24, 2.45) is 5.73 Å². The second-order valence-electron chi connectivity index (χ2n) is 7.41. The standard InChI is InChI=1S/C24H31N3O4/c1-5-16-13-18(12-15(2)3)22(31-11-10-30-4)20(14-16)21(24(28)29)27-19-8-6-17(7-9-19)23(25)26/h6-9,13-14,21,27H,2,5,10-12H2,1,3-4H3,(H3,25,26)(H,28,29). The molecular formula is C24H31N3O4. The molecule has 0 spiro atoms. The van der Waals surface area contributed by atoms with Crippen LogP contribution in [-0.4, -0.2) is 37.2 Å². The molecule has 2 aromatic carbocycles. The average molecular weight is 426 g/mol. The molecule has 7 heteroatoms. The Balaban J connectivity index is 2.53. The number of carbonyl (C=O) groups is 1. The summed E-state index contributed by atoms with van der Waals surface area (Å²) in [5.74, 6) is -0.533. The quantitative estimate of drug-likeness (QED) is 0.177. The number of amidine groups is 1. The van der Waals surface area contributed by atoms with E-state index in [4.69, 9.17) is 20.6 Å². The highest BCUT2D eigenvalue weighted by atomic mass is 16.5. The van der Waals surface area contributed by atoms with Gasteiger partial charge in [-0.05, 0) is 61.2 Å². The number of hydrogen-bond donors (Lipinski definition) is 4. The molecule has 0 radical (unpaired) electrons. The number of aryl methyl sites for hydroxylation is 1. The number of carboxylic acid groups (broad SMARTS) is 1. The number of benzene rings is 2. The molecule has 1 atom stereocenters. The molecule has 2 aromatic rings. The van der Waals surface area contributed by atoms with E-state index in [2.05, 4.69) is 11.9 Å². The molecule has 0 fully saturated rings. The van der Waals surface area contributed by atoms with Gasteiger partial charge in [0, 0.05) is 23.9 Å². The largest absolute Gasteiger partial charge is 0.491 e. The van der Waals surface area contributed by atoms with Crippen LogP contribution in [0.3, 0.4) is 0 Å². The molecule has 0 saturated carbocycles. The first kappa shape index (κ1) is 24.0. The SMILES string of the molecule is C=C(C)Cc1cc(CC)cc(C(Nc2ccc(C(=N)N)cc2)C(=O)O)c1OCCOC. The molecule has 0 aliphatic carbocycles. The highest BCUT2D eigenvalue weighted by molar-refractivity contribution is 5.95. The van der Waals surface area contributed by atoms with Gasteiger partial charge in [0.15, 0.2) is 6.04 Å². The third-order valence-electron chi connectivity index (χ3n) is 4.75. The van der Waals surface area contributed by atoms with E-state index in [1.165, 1.54) is 0 Å². The third kappa shape index (κ3) is 6.58. The maximum Gasteiger partial charge on any atom is 0.330 e. The Bertz CT molecular complexity index is 939. The lowest BCUT2D eigenvalue weighted by Gasteiger charge is -2.23. The van der Waals surface area contributed by atoms with E-state index in [1.54, 1.807) is 31.4 Å². The van der Waals surface area contributed by atoms with Crippen LogP contribution >= 0.6 is 0 Å². The fourth-order valence-electron chi connectivity index (χ4n) is 3.24. The highest BCUT2D eigenvalue weighted by Crippen LogP contribution is 2.35. The number of aliphatic carboxylic acids is 1. The van der Waals surface area contributed by atoms with E-state index in [1.807, 2.05) is 26.0 Å². The Morgan fingerprint density at radius 2 is 1.94 bits per heavy atom. The maximum atomic E-state index is 12.3. The molecule has 31 heavy (non-hydrogen) atoms. The summed E-state index contributed by atoms with van der Waals surface area (Å²) in [6.45, 7) is 8.65. The number of nitrogens with one attached hydrogen (secondary N) is 2. The van der Waals surface area contributed by atoms with Gasteiger partial charge in [-0.25, -0.2) is 4.79 Å². The molecule has 166 valence electrons. The molecule has 0 saturated heterocycles. The van der Waals surface area contributed by atoms with E-state index in [0.29, 0.717) is 42.2 Å². The monoisotopic (exact) mass is 425 g/mol. The predicted octanol–water partition coefficient (Wildman–Crippen LogP) is 3.91. The van der Waals surface area contributed by atoms with Gasteiger partial charge in [-0.3, -0.25) is 5.41 Å². The first-order chi connectivity index (χ1) is 14.8. The topological polar surface area (TPSA) is 118 Å². The number of carboxylic acids is 1. The second kappa shape index (κ2) is 11.2. The summed E-state index contributed by atoms with van der Waals surface area (Å²) >= 11 is 0. The fourth-order valence-corrected chi connectivity index (χ4v) is 3.24. The molecule has 0 heterocycles. The van der Waals surface area contributed by atoms with Crippen molar-refractivity contribution in [2.75, 3.05) is 25.6 Å². The molecule has 0 aliphatic rings. The normalized spacial score (nSPS) is 11.6. The van der Waals surface area contributed by atoms with Crippen molar-refractivity contribution in [3.05, 3.63) is 70.8 Å². The Labute approximate surface area is 183 Å². The number of rotatable bonds is 12. The summed E-state index contributed by atoms with van der Waals surface area (Å²) in [6.07, 6.45) is 1.34.